The molecule has 0 aromatic carbocycles. The monoisotopic (exact) mass is 224 g/mol. The minimum Gasteiger partial charge on any atom is -0.292 e. The Labute approximate surface area is 86.8 Å². The fraction of sp³-hybridized carbons (Fsp3) is 0.889. The van der Waals surface area contributed by atoms with Crippen LogP contribution in [0.15, 0.2) is 0 Å². The third kappa shape index (κ3) is 1.96. The van der Waals surface area contributed by atoms with E-state index in [0.29, 0.717) is 0 Å². The van der Waals surface area contributed by atoms with Gasteiger partial charge in [0, 0.05) is 0 Å². The Kier molecular flexibility index (Phi) is 5.00. The molecule has 0 aromatic rings. The van der Waals surface area contributed by atoms with Gasteiger partial charge in [0.25, 0.3) is 0 Å². The second kappa shape index (κ2) is 4.82. The first-order chi connectivity index (χ1) is 6.04. The zero-order valence-corrected chi connectivity index (χ0v) is 10.9. The van der Waals surface area contributed by atoms with Crippen LogP contribution in [0.3, 0.4) is 0 Å². The summed E-state index contributed by atoms with van der Waals surface area (Å²) in [5, 5.41) is 5.63. The summed E-state index contributed by atoms with van der Waals surface area (Å²) in [6, 6.07) is 0. The van der Waals surface area contributed by atoms with Crippen LogP contribution in [-0.4, -0.2) is 27.3 Å². The van der Waals surface area contributed by atoms with Crippen molar-refractivity contribution in [3.8, 4) is 0 Å². The number of nitrogens with two attached hydrogens (primary N) is 2. The molecular formula is C9H24N2S2. The maximum Gasteiger partial charge on any atom is 0.0709 e. The van der Waals surface area contributed by atoms with Crippen LogP contribution >= 0.6 is 20.7 Å². The molecule has 0 aliphatic rings. The van der Waals surface area contributed by atoms with Crippen LogP contribution in [0.2, 0.25) is 0 Å². The highest BCUT2D eigenvalue weighted by Gasteiger charge is 2.29. The van der Waals surface area contributed by atoms with Crippen LogP contribution in [0.4, 0.5) is 0 Å². The van der Waals surface area contributed by atoms with Crippen molar-refractivity contribution in [2.45, 2.75) is 27.7 Å². The van der Waals surface area contributed by atoms with Crippen LogP contribution in [0.25, 0.3) is 0 Å². The number of rotatable bonds is 4. The first-order valence-electron chi connectivity index (χ1n) is 4.92. The summed E-state index contributed by atoms with van der Waals surface area (Å²) in [6.45, 7) is 9.01. The first kappa shape index (κ1) is 13.5. The zero-order chi connectivity index (χ0) is 10.6. The minimum absolute atomic E-state index is 1.01. The van der Waals surface area contributed by atoms with E-state index in [-0.39, 0.29) is 0 Å². The highest BCUT2D eigenvalue weighted by molar-refractivity contribution is 8.54. The Hall–Kier alpha value is 0.490. The van der Waals surface area contributed by atoms with Crippen molar-refractivity contribution in [2.24, 2.45) is 10.9 Å². The number of hydrogen-bond donors (Lipinski definition) is 2. The smallest absolute Gasteiger partial charge is 0.0709 e. The van der Waals surface area contributed by atoms with Crippen LogP contribution in [0.1, 0.15) is 27.7 Å². The van der Waals surface area contributed by atoms with Gasteiger partial charge in [-0.2, -0.15) is 0 Å². The molecule has 0 radical (unpaired) electrons. The van der Waals surface area contributed by atoms with E-state index >= 15 is 0 Å². The van der Waals surface area contributed by atoms with E-state index < -0.39 is 8.75 Å². The molecule has 13 heavy (non-hydrogen) atoms. The van der Waals surface area contributed by atoms with E-state index in [2.05, 4.69) is 27.7 Å². The largest absolute Gasteiger partial charge is 0.292 e. The van der Waals surface area contributed by atoms with Crippen LogP contribution in [0.5, 0.6) is 0 Å². The maximum absolute atomic E-state index is 6.13. The lowest BCUT2D eigenvalue weighted by atomic mass is 10.9. The quantitative estimate of drug-likeness (QED) is 0.568. The zero-order valence-electron chi connectivity index (χ0n) is 9.30. The third-order valence-electron chi connectivity index (χ3n) is 3.71. The Balaban J connectivity index is 5.61. The molecule has 0 aromatic heterocycles. The van der Waals surface area contributed by atoms with Gasteiger partial charge < -0.3 is 0 Å². The van der Waals surface area contributed by atoms with Crippen molar-refractivity contribution in [3.63, 3.8) is 0 Å². The molecule has 4 N–H and O–H groups in total. The molecule has 2 nitrogen and oxygen atoms in total. The van der Waals surface area contributed by atoms with Gasteiger partial charge >= 0.3 is 0 Å². The molecule has 0 unspecified atom stereocenters. The van der Waals surface area contributed by atoms with Crippen LogP contribution in [0, 0.1) is 0 Å². The fourth-order valence-electron chi connectivity index (χ4n) is 1.93. The van der Waals surface area contributed by atoms with Gasteiger partial charge in [-0.3, -0.25) is 10.9 Å². The van der Waals surface area contributed by atoms with Gasteiger partial charge in [0.05, 0.1) is 4.32 Å². The summed E-state index contributed by atoms with van der Waals surface area (Å²) in [5.74, 6) is 4.71. The molecular weight excluding hydrogens is 200 g/mol. The molecule has 4 heteroatoms. The molecule has 0 rings (SSSR count). The fourth-order valence-corrected chi connectivity index (χ4v) is 8.02. The standard InChI is InChI=1S/C9H24N2S2/c1-5-13(6-2,7-3,8-4)9(10)12-11/h5-8,10-11H2,1-4H3. The Morgan fingerprint density at radius 3 is 1.38 bits per heavy atom. The maximum atomic E-state index is 6.13. The van der Waals surface area contributed by atoms with Crippen molar-refractivity contribution < 1.29 is 0 Å². The van der Waals surface area contributed by atoms with E-state index in [1.54, 1.807) is 0 Å². The summed E-state index contributed by atoms with van der Waals surface area (Å²) in [6.07, 6.45) is 0. The average molecular weight is 224 g/mol. The second-order valence-electron chi connectivity index (χ2n) is 3.39. The van der Waals surface area contributed by atoms with Gasteiger partial charge in [-0.1, -0.05) is 27.7 Å². The molecule has 0 atom stereocenters. The molecule has 0 aliphatic carbocycles. The average Bonchev–Trinajstić information content (AvgIpc) is 2.22. The van der Waals surface area contributed by atoms with E-state index in [4.69, 9.17) is 10.9 Å². The summed E-state index contributed by atoms with van der Waals surface area (Å²) < 4.78 is 1.01. The molecule has 0 heterocycles. The lowest BCUT2D eigenvalue weighted by Crippen LogP contribution is -2.31. The van der Waals surface area contributed by atoms with E-state index in [1.165, 1.54) is 35.0 Å². The molecule has 0 fully saturated rings. The summed E-state index contributed by atoms with van der Waals surface area (Å²) in [4.78, 5) is 0. The molecule has 82 valence electrons. The Morgan fingerprint density at radius 1 is 1.00 bits per heavy atom. The lowest BCUT2D eigenvalue weighted by Gasteiger charge is -2.49. The topological polar surface area (TPSA) is 52.0 Å². The second-order valence-corrected chi connectivity index (χ2v) is 10.7. The van der Waals surface area contributed by atoms with Gasteiger partial charge in [-0.25, -0.2) is 8.75 Å². The summed E-state index contributed by atoms with van der Waals surface area (Å²) in [7, 11) is -1.52. The molecule has 0 bridgehead atoms. The van der Waals surface area contributed by atoms with Crippen LogP contribution < -0.4 is 10.9 Å². The third-order valence-corrected chi connectivity index (χ3v) is 12.8. The van der Waals surface area contributed by atoms with Crippen molar-refractivity contribution in [3.05, 3.63) is 0 Å². The van der Waals surface area contributed by atoms with Gasteiger partial charge in [0.15, 0.2) is 0 Å². The molecule has 0 amide bonds. The van der Waals surface area contributed by atoms with Gasteiger partial charge in [-0.05, 0) is 35.0 Å². The highest BCUT2D eigenvalue weighted by Crippen LogP contribution is 2.59. The molecule has 0 saturated carbocycles. The molecule has 0 saturated heterocycles. The van der Waals surface area contributed by atoms with Gasteiger partial charge in [-0.15, -0.1) is 0 Å². The normalized spacial score (nSPS) is 15.1. The van der Waals surface area contributed by atoms with Crippen molar-refractivity contribution in [2.75, 3.05) is 23.0 Å². The lowest BCUT2D eigenvalue weighted by molar-refractivity contribution is 1.28. The minimum atomic E-state index is -1.52. The SMILES string of the molecule is CCS(CC)(CC)(CC)=C(N)SN. The van der Waals surface area contributed by atoms with Crippen molar-refractivity contribution >= 4 is 25.0 Å². The molecule has 0 aliphatic heterocycles. The van der Waals surface area contributed by atoms with Crippen molar-refractivity contribution in [1.82, 2.24) is 0 Å². The Morgan fingerprint density at radius 2 is 1.31 bits per heavy atom. The summed E-state index contributed by atoms with van der Waals surface area (Å²) in [5.41, 5.74) is 6.13. The summed E-state index contributed by atoms with van der Waals surface area (Å²) >= 11 is 1.27. The Bertz CT molecular complexity index is 196. The van der Waals surface area contributed by atoms with Gasteiger partial charge in [0.1, 0.15) is 0 Å². The predicted octanol–water partition coefficient (Wildman–Crippen LogP) is 2.06. The number of hydrogen-bond acceptors (Lipinski definition) is 2. The first-order valence-corrected chi connectivity index (χ1v) is 8.51. The van der Waals surface area contributed by atoms with E-state index in [0.717, 1.165) is 4.32 Å². The van der Waals surface area contributed by atoms with Crippen molar-refractivity contribution in [1.29, 1.82) is 0 Å². The van der Waals surface area contributed by atoms with E-state index in [1.807, 2.05) is 0 Å². The highest BCUT2D eigenvalue weighted by atomic mass is 32.3. The predicted molar refractivity (Wildman–Crippen MR) is 70.7 cm³/mol. The van der Waals surface area contributed by atoms with E-state index in [9.17, 15) is 0 Å². The molecule has 0 spiro atoms. The van der Waals surface area contributed by atoms with Gasteiger partial charge in [0.2, 0.25) is 0 Å². The van der Waals surface area contributed by atoms with Crippen LogP contribution in [-0.2, 0) is 0 Å².